The number of pyridine rings is 1. The Kier molecular flexibility index (Phi) is 4.72. The van der Waals surface area contributed by atoms with Crippen molar-refractivity contribution in [2.24, 2.45) is 5.73 Å². The van der Waals surface area contributed by atoms with E-state index in [0.717, 1.165) is 22.6 Å². The molecule has 0 saturated heterocycles. The zero-order valence-electron chi connectivity index (χ0n) is 13.1. The van der Waals surface area contributed by atoms with Crippen LogP contribution in [-0.2, 0) is 6.54 Å². The lowest BCUT2D eigenvalue weighted by atomic mass is 10.2. The monoisotopic (exact) mass is 339 g/mol. The third-order valence-corrected chi connectivity index (χ3v) is 4.37. The number of guanidine groups is 1. The van der Waals surface area contributed by atoms with Gasteiger partial charge in [-0.25, -0.2) is 4.98 Å². The van der Waals surface area contributed by atoms with Crippen LogP contribution >= 0.6 is 11.3 Å². The first kappa shape index (κ1) is 15.9. The van der Waals surface area contributed by atoms with Gasteiger partial charge in [0.1, 0.15) is 5.75 Å². The molecular weight excluding hydrogens is 322 g/mol. The van der Waals surface area contributed by atoms with E-state index in [1.54, 1.807) is 24.4 Å². The smallest absolute Gasteiger partial charge is 0.195 e. The number of rotatable bonds is 5. The van der Waals surface area contributed by atoms with E-state index in [9.17, 15) is 0 Å². The predicted molar refractivity (Wildman–Crippen MR) is 96.4 cm³/mol. The van der Waals surface area contributed by atoms with Gasteiger partial charge in [-0.3, -0.25) is 15.3 Å². The lowest BCUT2D eigenvalue weighted by molar-refractivity contribution is 0.410. The van der Waals surface area contributed by atoms with Gasteiger partial charge in [0, 0.05) is 28.9 Å². The second kappa shape index (κ2) is 7.10. The second-order valence-electron chi connectivity index (χ2n) is 5.03. The van der Waals surface area contributed by atoms with E-state index in [1.807, 2.05) is 41.8 Å². The molecule has 0 saturated carbocycles. The first-order valence-corrected chi connectivity index (χ1v) is 8.16. The lowest BCUT2D eigenvalue weighted by Gasteiger charge is -2.20. The Morgan fingerprint density at radius 2 is 2.00 bits per heavy atom. The van der Waals surface area contributed by atoms with E-state index in [2.05, 4.69) is 9.97 Å². The van der Waals surface area contributed by atoms with Crippen LogP contribution in [0.2, 0.25) is 0 Å². The highest BCUT2D eigenvalue weighted by Gasteiger charge is 2.17. The van der Waals surface area contributed by atoms with E-state index < -0.39 is 0 Å². The lowest BCUT2D eigenvalue weighted by Crippen LogP contribution is -2.36. The number of thiazole rings is 1. The summed E-state index contributed by atoms with van der Waals surface area (Å²) in [7, 11) is 1.63. The maximum absolute atomic E-state index is 7.90. The van der Waals surface area contributed by atoms with Crippen LogP contribution in [0.1, 0.15) is 5.56 Å². The molecule has 0 atom stereocenters. The number of benzene rings is 1. The van der Waals surface area contributed by atoms with Gasteiger partial charge >= 0.3 is 0 Å². The van der Waals surface area contributed by atoms with Crippen molar-refractivity contribution in [2.75, 3.05) is 12.0 Å². The third-order valence-electron chi connectivity index (χ3n) is 3.51. The Morgan fingerprint density at radius 3 is 2.71 bits per heavy atom. The molecular formula is C17H17N5OS. The van der Waals surface area contributed by atoms with Gasteiger partial charge in [-0.1, -0.05) is 18.2 Å². The molecule has 1 aromatic carbocycles. The molecule has 3 N–H and O–H groups in total. The molecule has 3 aromatic rings. The highest BCUT2D eigenvalue weighted by Crippen LogP contribution is 2.29. The van der Waals surface area contributed by atoms with Crippen LogP contribution in [0.25, 0.3) is 11.3 Å². The summed E-state index contributed by atoms with van der Waals surface area (Å²) >= 11 is 1.45. The fraction of sp³-hybridized carbons (Fsp3) is 0.118. The van der Waals surface area contributed by atoms with Crippen LogP contribution < -0.4 is 15.4 Å². The first-order chi connectivity index (χ1) is 11.7. The Bertz CT molecular complexity index is 834. The summed E-state index contributed by atoms with van der Waals surface area (Å²) in [5.74, 6) is 0.700. The number of hydrogen-bond acceptors (Lipinski definition) is 5. The van der Waals surface area contributed by atoms with E-state index in [0.29, 0.717) is 11.7 Å². The molecule has 122 valence electrons. The van der Waals surface area contributed by atoms with Crippen molar-refractivity contribution >= 4 is 22.4 Å². The molecule has 0 aliphatic heterocycles. The Balaban J connectivity index is 1.89. The van der Waals surface area contributed by atoms with Crippen molar-refractivity contribution in [3.63, 3.8) is 0 Å². The first-order valence-electron chi connectivity index (χ1n) is 7.28. The molecule has 0 radical (unpaired) electrons. The van der Waals surface area contributed by atoms with E-state index in [4.69, 9.17) is 15.9 Å². The zero-order chi connectivity index (χ0) is 16.9. The Labute approximate surface area is 144 Å². The zero-order valence-corrected chi connectivity index (χ0v) is 14.0. The van der Waals surface area contributed by atoms with Crippen molar-refractivity contribution in [2.45, 2.75) is 6.54 Å². The van der Waals surface area contributed by atoms with Gasteiger partial charge in [0.2, 0.25) is 0 Å². The Hall–Kier alpha value is -2.93. The number of nitrogens with one attached hydrogen (secondary N) is 1. The van der Waals surface area contributed by atoms with E-state index >= 15 is 0 Å². The molecule has 7 heteroatoms. The van der Waals surface area contributed by atoms with Crippen molar-refractivity contribution in [1.29, 1.82) is 5.41 Å². The second-order valence-corrected chi connectivity index (χ2v) is 5.87. The summed E-state index contributed by atoms with van der Waals surface area (Å²) in [6, 6.07) is 11.5. The van der Waals surface area contributed by atoms with Crippen molar-refractivity contribution in [3.05, 3.63) is 59.7 Å². The molecule has 0 amide bonds. The quantitative estimate of drug-likeness (QED) is 0.551. The van der Waals surface area contributed by atoms with Crippen molar-refractivity contribution < 1.29 is 4.74 Å². The molecule has 2 heterocycles. The van der Waals surface area contributed by atoms with Crippen LogP contribution in [0.3, 0.4) is 0 Å². The number of hydrogen-bond donors (Lipinski definition) is 2. The summed E-state index contributed by atoms with van der Waals surface area (Å²) < 4.78 is 5.37. The predicted octanol–water partition coefficient (Wildman–Crippen LogP) is 3.11. The fourth-order valence-electron chi connectivity index (χ4n) is 2.30. The molecule has 0 aliphatic carbocycles. The number of nitrogens with zero attached hydrogens (tertiary/aromatic N) is 3. The fourth-order valence-corrected chi connectivity index (χ4v) is 3.15. The molecule has 0 fully saturated rings. The SMILES string of the molecule is COc1ccccc1CN(C(=N)N)c1nc(-c2ccncc2)cs1. The maximum Gasteiger partial charge on any atom is 0.195 e. The van der Waals surface area contributed by atoms with Crippen LogP contribution in [0.5, 0.6) is 5.75 Å². The summed E-state index contributed by atoms with van der Waals surface area (Å²) in [5.41, 5.74) is 8.54. The molecule has 0 unspecified atom stereocenters. The molecule has 24 heavy (non-hydrogen) atoms. The van der Waals surface area contributed by atoms with Crippen LogP contribution in [0.15, 0.2) is 54.2 Å². The number of nitrogens with two attached hydrogens (primary N) is 1. The van der Waals surface area contributed by atoms with Crippen LogP contribution in [0, 0.1) is 5.41 Å². The summed E-state index contributed by atoms with van der Waals surface area (Å²) in [6.45, 7) is 0.419. The molecule has 6 nitrogen and oxygen atoms in total. The van der Waals surface area contributed by atoms with Gasteiger partial charge in [0.25, 0.3) is 0 Å². The number of para-hydroxylation sites is 1. The van der Waals surface area contributed by atoms with E-state index in [-0.39, 0.29) is 5.96 Å². The van der Waals surface area contributed by atoms with Gasteiger partial charge in [0.15, 0.2) is 11.1 Å². The standard InChI is InChI=1S/C17H17N5OS/c1-23-15-5-3-2-4-13(15)10-22(16(18)19)17-21-14(11-24-17)12-6-8-20-9-7-12/h2-9,11H,10H2,1H3,(H3,18,19). The van der Waals surface area contributed by atoms with Gasteiger partial charge in [-0.05, 0) is 18.2 Å². The van der Waals surface area contributed by atoms with Gasteiger partial charge in [0.05, 0.1) is 19.3 Å². The largest absolute Gasteiger partial charge is 0.496 e. The highest BCUT2D eigenvalue weighted by atomic mass is 32.1. The minimum absolute atomic E-state index is 0.0588. The third kappa shape index (κ3) is 3.36. The number of anilines is 1. The number of aromatic nitrogens is 2. The molecule has 0 aliphatic rings. The van der Waals surface area contributed by atoms with Crippen LogP contribution in [-0.4, -0.2) is 23.0 Å². The number of ether oxygens (including phenoxy) is 1. The number of methoxy groups -OCH3 is 1. The van der Waals surface area contributed by atoms with Gasteiger partial charge < -0.3 is 10.5 Å². The topological polar surface area (TPSA) is 88.1 Å². The average Bonchev–Trinajstić information content (AvgIpc) is 3.10. The Morgan fingerprint density at radius 1 is 1.25 bits per heavy atom. The minimum Gasteiger partial charge on any atom is -0.496 e. The van der Waals surface area contributed by atoms with Crippen LogP contribution in [0.4, 0.5) is 5.13 Å². The minimum atomic E-state index is -0.0588. The van der Waals surface area contributed by atoms with Gasteiger partial charge in [-0.2, -0.15) is 0 Å². The molecule has 3 rings (SSSR count). The summed E-state index contributed by atoms with van der Waals surface area (Å²) in [5, 5.41) is 10.5. The molecule has 0 spiro atoms. The molecule has 2 aromatic heterocycles. The summed E-state index contributed by atoms with van der Waals surface area (Å²) in [4.78, 5) is 10.3. The highest BCUT2D eigenvalue weighted by molar-refractivity contribution is 7.14. The van der Waals surface area contributed by atoms with Crippen molar-refractivity contribution in [3.8, 4) is 17.0 Å². The average molecular weight is 339 g/mol. The van der Waals surface area contributed by atoms with Crippen molar-refractivity contribution in [1.82, 2.24) is 9.97 Å². The maximum atomic E-state index is 7.90. The molecule has 0 bridgehead atoms. The van der Waals surface area contributed by atoms with Gasteiger partial charge in [-0.15, -0.1) is 11.3 Å². The normalized spacial score (nSPS) is 10.4. The summed E-state index contributed by atoms with van der Waals surface area (Å²) in [6.07, 6.45) is 3.46. The van der Waals surface area contributed by atoms with E-state index in [1.165, 1.54) is 11.3 Å².